The van der Waals surface area contributed by atoms with Crippen molar-refractivity contribution >= 4 is 35.1 Å². The van der Waals surface area contributed by atoms with Crippen molar-refractivity contribution in [1.29, 1.82) is 0 Å². The van der Waals surface area contributed by atoms with E-state index in [1.807, 2.05) is 53.4 Å². The Morgan fingerprint density at radius 1 is 1.06 bits per heavy atom. The molecule has 1 aliphatic carbocycles. The molecule has 1 N–H and O–H groups in total. The Labute approximate surface area is 193 Å². The van der Waals surface area contributed by atoms with Crippen LogP contribution < -0.4 is 0 Å². The van der Waals surface area contributed by atoms with Crippen LogP contribution in [-0.2, 0) is 9.59 Å². The summed E-state index contributed by atoms with van der Waals surface area (Å²) < 4.78 is 0. The Balaban J connectivity index is 1.87. The van der Waals surface area contributed by atoms with Crippen LogP contribution in [0.5, 0.6) is 0 Å². The van der Waals surface area contributed by atoms with E-state index in [4.69, 9.17) is 23.2 Å². The summed E-state index contributed by atoms with van der Waals surface area (Å²) in [6, 6.07) is 15.3. The summed E-state index contributed by atoms with van der Waals surface area (Å²) in [7, 11) is 0. The van der Waals surface area contributed by atoms with Gasteiger partial charge in [-0.3, -0.25) is 9.59 Å². The zero-order chi connectivity index (χ0) is 22.2. The molecule has 0 radical (unpaired) electrons. The predicted molar refractivity (Wildman–Crippen MR) is 122 cm³/mol. The smallest absolute Gasteiger partial charge is 0.304 e. The minimum atomic E-state index is -0.968. The van der Waals surface area contributed by atoms with Crippen molar-refractivity contribution < 1.29 is 14.7 Å². The Kier molecular flexibility index (Phi) is 6.32. The van der Waals surface area contributed by atoms with Gasteiger partial charge in [-0.15, -0.1) is 0 Å². The molecule has 1 heterocycles. The third-order valence-electron chi connectivity index (χ3n) is 6.85. The van der Waals surface area contributed by atoms with Crippen molar-refractivity contribution in [2.75, 3.05) is 0 Å². The number of likely N-dealkylation sites (tertiary alicyclic amines) is 1. The first kappa shape index (κ1) is 22.2. The van der Waals surface area contributed by atoms with Gasteiger partial charge in [0, 0.05) is 22.0 Å². The number of carboxylic acid groups (broad SMARTS) is 1. The third-order valence-corrected chi connectivity index (χ3v) is 7.34. The van der Waals surface area contributed by atoms with Gasteiger partial charge in [0.1, 0.15) is 0 Å². The molecule has 3 atom stereocenters. The quantitative estimate of drug-likeness (QED) is 0.556. The summed E-state index contributed by atoms with van der Waals surface area (Å²) in [6.45, 7) is 1.81. The maximum absolute atomic E-state index is 13.9. The van der Waals surface area contributed by atoms with E-state index in [2.05, 4.69) is 0 Å². The molecular formula is C25H27Cl2NO3. The predicted octanol–water partition coefficient (Wildman–Crippen LogP) is 6.47. The van der Waals surface area contributed by atoms with Crippen molar-refractivity contribution in [2.45, 2.75) is 63.5 Å². The van der Waals surface area contributed by atoms with Gasteiger partial charge in [-0.1, -0.05) is 67.2 Å². The summed E-state index contributed by atoms with van der Waals surface area (Å²) in [5, 5.41) is 10.9. The molecule has 0 aromatic heterocycles. The van der Waals surface area contributed by atoms with Crippen LogP contribution in [0.1, 0.15) is 68.5 Å². The molecule has 2 aliphatic rings. The van der Waals surface area contributed by atoms with E-state index >= 15 is 0 Å². The van der Waals surface area contributed by atoms with Crippen LogP contribution in [0.2, 0.25) is 10.0 Å². The van der Waals surface area contributed by atoms with Crippen molar-refractivity contribution in [3.05, 3.63) is 69.7 Å². The summed E-state index contributed by atoms with van der Waals surface area (Å²) in [5.41, 5.74) is 1.08. The lowest BCUT2D eigenvalue weighted by molar-refractivity contribution is -0.160. The number of hydrogen-bond acceptors (Lipinski definition) is 2. The van der Waals surface area contributed by atoms with Gasteiger partial charge in [0.25, 0.3) is 0 Å². The van der Waals surface area contributed by atoms with Gasteiger partial charge < -0.3 is 10.0 Å². The minimum Gasteiger partial charge on any atom is -0.481 e. The van der Waals surface area contributed by atoms with Crippen LogP contribution in [0.15, 0.2) is 48.5 Å². The number of carboxylic acids is 1. The lowest BCUT2D eigenvalue weighted by atomic mass is 9.67. The van der Waals surface area contributed by atoms with E-state index in [0.717, 1.165) is 36.8 Å². The Morgan fingerprint density at radius 3 is 2.35 bits per heavy atom. The number of amides is 1. The molecule has 1 aliphatic heterocycles. The molecule has 164 valence electrons. The highest BCUT2D eigenvalue weighted by molar-refractivity contribution is 6.30. The lowest BCUT2D eigenvalue weighted by Gasteiger charge is -2.51. The monoisotopic (exact) mass is 459 g/mol. The van der Waals surface area contributed by atoms with E-state index < -0.39 is 11.4 Å². The molecule has 6 heteroatoms. The van der Waals surface area contributed by atoms with Gasteiger partial charge in [0.15, 0.2) is 0 Å². The van der Waals surface area contributed by atoms with Gasteiger partial charge in [-0.2, -0.15) is 0 Å². The fourth-order valence-corrected chi connectivity index (χ4v) is 5.79. The third kappa shape index (κ3) is 4.47. The largest absolute Gasteiger partial charge is 0.481 e. The zero-order valence-corrected chi connectivity index (χ0v) is 19.1. The van der Waals surface area contributed by atoms with Crippen LogP contribution in [0, 0.1) is 5.41 Å². The molecule has 1 amide bonds. The van der Waals surface area contributed by atoms with E-state index in [1.165, 1.54) is 0 Å². The first-order valence-electron chi connectivity index (χ1n) is 10.8. The molecule has 1 saturated carbocycles. The van der Waals surface area contributed by atoms with Gasteiger partial charge in [-0.25, -0.2) is 0 Å². The van der Waals surface area contributed by atoms with E-state index in [0.29, 0.717) is 16.5 Å². The van der Waals surface area contributed by atoms with Gasteiger partial charge in [-0.05, 0) is 54.7 Å². The number of halogens is 2. The van der Waals surface area contributed by atoms with Crippen molar-refractivity contribution in [2.24, 2.45) is 5.41 Å². The summed E-state index contributed by atoms with van der Waals surface area (Å²) >= 11 is 12.5. The van der Waals surface area contributed by atoms with Gasteiger partial charge in [0.2, 0.25) is 5.91 Å². The highest BCUT2D eigenvalue weighted by Gasteiger charge is 2.52. The molecule has 4 rings (SSSR count). The average Bonchev–Trinajstić information content (AvgIpc) is 3.24. The number of hydrogen-bond donors (Lipinski definition) is 1. The second-order valence-electron chi connectivity index (χ2n) is 9.14. The molecule has 2 fully saturated rings. The number of nitrogens with zero attached hydrogens (tertiary/aromatic N) is 1. The minimum absolute atomic E-state index is 0.0555. The molecule has 4 nitrogen and oxygen atoms in total. The highest BCUT2D eigenvalue weighted by Crippen LogP contribution is 2.53. The molecule has 1 saturated heterocycles. The fraction of sp³-hybridized carbons (Fsp3) is 0.440. The normalized spacial score (nSPS) is 26.9. The van der Waals surface area contributed by atoms with E-state index in [1.54, 1.807) is 6.92 Å². The van der Waals surface area contributed by atoms with Crippen molar-refractivity contribution in [3.8, 4) is 0 Å². The molecule has 2 aromatic rings. The number of carbonyl (C=O) groups excluding carboxylic acids is 1. The second-order valence-corrected chi connectivity index (χ2v) is 10.0. The number of rotatable bonds is 5. The SMILES string of the molecule is C[C@@]1(CC(=O)O)C[C@H](c2cccc(Cl)c2)[C@@H](c2ccc(Cl)cc2)N(C2CCCC2)C1=O. The number of benzene rings is 2. The van der Waals surface area contributed by atoms with Crippen LogP contribution in [0.3, 0.4) is 0 Å². The highest BCUT2D eigenvalue weighted by atomic mass is 35.5. The first-order valence-corrected chi connectivity index (χ1v) is 11.6. The number of piperidine rings is 1. The zero-order valence-electron chi connectivity index (χ0n) is 17.6. The standard InChI is InChI=1S/C25H27Cl2NO3/c1-25(15-22(29)30)14-21(17-5-4-6-19(27)13-17)23(16-9-11-18(26)12-10-16)28(24(25)31)20-7-2-3-8-20/h4-6,9-13,20-21,23H,2-3,7-8,14-15H2,1H3,(H,29,30)/t21-,23-,25+/m1/s1. The topological polar surface area (TPSA) is 57.6 Å². The van der Waals surface area contributed by atoms with Crippen molar-refractivity contribution in [1.82, 2.24) is 4.90 Å². The van der Waals surface area contributed by atoms with Crippen molar-refractivity contribution in [3.63, 3.8) is 0 Å². The lowest BCUT2D eigenvalue weighted by Crippen LogP contribution is -2.55. The molecule has 0 bridgehead atoms. The first-order chi connectivity index (χ1) is 14.8. The number of carbonyl (C=O) groups is 2. The molecule has 0 spiro atoms. The van der Waals surface area contributed by atoms with E-state index in [-0.39, 0.29) is 30.3 Å². The van der Waals surface area contributed by atoms with Crippen LogP contribution in [0.25, 0.3) is 0 Å². The van der Waals surface area contributed by atoms with Crippen LogP contribution in [0.4, 0.5) is 0 Å². The molecule has 31 heavy (non-hydrogen) atoms. The Hall–Kier alpha value is -2.04. The maximum Gasteiger partial charge on any atom is 0.304 e. The number of aliphatic carboxylic acids is 1. The Morgan fingerprint density at radius 2 is 1.74 bits per heavy atom. The second kappa shape index (κ2) is 8.84. The van der Waals surface area contributed by atoms with Crippen LogP contribution >= 0.6 is 23.2 Å². The maximum atomic E-state index is 13.9. The van der Waals surface area contributed by atoms with E-state index in [9.17, 15) is 14.7 Å². The van der Waals surface area contributed by atoms with Gasteiger partial charge >= 0.3 is 5.97 Å². The fourth-order valence-electron chi connectivity index (χ4n) is 5.46. The summed E-state index contributed by atoms with van der Waals surface area (Å²) in [6.07, 6.45) is 4.33. The molecule has 2 aromatic carbocycles. The molecular weight excluding hydrogens is 433 g/mol. The molecule has 0 unspecified atom stereocenters. The van der Waals surface area contributed by atoms with Crippen LogP contribution in [-0.4, -0.2) is 27.9 Å². The Bertz CT molecular complexity index is 971. The van der Waals surface area contributed by atoms with Gasteiger partial charge in [0.05, 0.1) is 17.9 Å². The average molecular weight is 460 g/mol. The summed E-state index contributed by atoms with van der Waals surface area (Å²) in [5.74, 6) is -1.07. The summed E-state index contributed by atoms with van der Waals surface area (Å²) in [4.78, 5) is 27.6.